The molecule has 1 aliphatic heterocycles. The first kappa shape index (κ1) is 27.3. The molecule has 2 N–H and O–H groups in total. The maximum Gasteiger partial charge on any atom is 0.231 e. The third-order valence-corrected chi connectivity index (χ3v) is 7.99. The predicted molar refractivity (Wildman–Crippen MR) is 170 cm³/mol. The lowest BCUT2D eigenvalue weighted by Gasteiger charge is -2.32. The summed E-state index contributed by atoms with van der Waals surface area (Å²) in [6, 6.07) is 30.2. The Morgan fingerprint density at radius 2 is 1.64 bits per heavy atom. The van der Waals surface area contributed by atoms with Crippen LogP contribution in [-0.4, -0.2) is 48.6 Å². The van der Waals surface area contributed by atoms with Crippen molar-refractivity contribution in [2.45, 2.75) is 25.5 Å². The molecule has 0 spiro atoms. The molecule has 9 heteroatoms. The first-order valence-electron chi connectivity index (χ1n) is 14.6. The number of piperidine rings is 1. The van der Waals surface area contributed by atoms with E-state index in [1.54, 1.807) is 24.5 Å². The van der Waals surface area contributed by atoms with Gasteiger partial charge in [0, 0.05) is 49.5 Å². The highest BCUT2D eigenvalue weighted by molar-refractivity contribution is 5.85. The highest BCUT2D eigenvalue weighted by Gasteiger charge is 2.23. The lowest BCUT2D eigenvalue weighted by atomic mass is 10.1. The highest BCUT2D eigenvalue weighted by atomic mass is 16.5. The Morgan fingerprint density at radius 1 is 0.864 bits per heavy atom. The van der Waals surface area contributed by atoms with Crippen molar-refractivity contribution < 1.29 is 4.74 Å². The van der Waals surface area contributed by atoms with Gasteiger partial charge in [0.25, 0.3) is 0 Å². The minimum absolute atomic E-state index is 0.0541. The molecular weight excluding hydrogens is 548 g/mol. The zero-order chi connectivity index (χ0) is 29.9. The molecule has 0 bridgehead atoms. The van der Waals surface area contributed by atoms with Crippen LogP contribution in [0.3, 0.4) is 0 Å². The van der Waals surface area contributed by atoms with E-state index in [9.17, 15) is 5.26 Å². The van der Waals surface area contributed by atoms with Crippen LogP contribution >= 0.6 is 0 Å². The van der Waals surface area contributed by atoms with Crippen LogP contribution < -0.4 is 10.5 Å². The van der Waals surface area contributed by atoms with Gasteiger partial charge in [-0.2, -0.15) is 5.26 Å². The fraction of sp³-hybridized carbons (Fsp3) is 0.171. The Labute approximate surface area is 255 Å². The molecule has 216 valence electrons. The van der Waals surface area contributed by atoms with Gasteiger partial charge in [-0.25, -0.2) is 19.9 Å². The SMILES string of the molecule is N#Cc1cccnc1OC1CCN(Cc2ccc(-n3c(-c4cccnc4N)nc4cc(-c5ccccc5)cnc43)cc2)CC1. The van der Waals surface area contributed by atoms with Crippen LogP contribution in [0.1, 0.15) is 24.0 Å². The molecule has 7 rings (SSSR count). The topological polar surface area (TPSA) is 119 Å². The van der Waals surface area contributed by atoms with Crippen molar-refractivity contribution >= 4 is 17.0 Å². The van der Waals surface area contributed by atoms with E-state index in [4.69, 9.17) is 20.4 Å². The zero-order valence-corrected chi connectivity index (χ0v) is 24.0. The summed E-state index contributed by atoms with van der Waals surface area (Å²) in [6.07, 6.45) is 7.05. The van der Waals surface area contributed by atoms with Gasteiger partial charge in [0.05, 0.1) is 5.56 Å². The summed E-state index contributed by atoms with van der Waals surface area (Å²) in [5.74, 6) is 1.54. The third kappa shape index (κ3) is 5.46. The molecule has 0 aliphatic carbocycles. The number of ether oxygens (including phenoxy) is 1. The Morgan fingerprint density at radius 3 is 2.41 bits per heavy atom. The number of benzene rings is 2. The molecule has 2 aromatic carbocycles. The minimum Gasteiger partial charge on any atom is -0.473 e. The van der Waals surface area contributed by atoms with E-state index in [-0.39, 0.29) is 6.10 Å². The summed E-state index contributed by atoms with van der Waals surface area (Å²) in [5, 5.41) is 9.33. The summed E-state index contributed by atoms with van der Waals surface area (Å²) in [7, 11) is 0. The normalized spacial score (nSPS) is 14.0. The number of rotatable bonds is 7. The van der Waals surface area contributed by atoms with E-state index in [0.717, 1.165) is 66.0 Å². The number of pyridine rings is 3. The van der Waals surface area contributed by atoms with Crippen molar-refractivity contribution in [1.82, 2.24) is 29.4 Å². The quantitative estimate of drug-likeness (QED) is 0.244. The molecule has 6 aromatic rings. The first-order valence-corrected chi connectivity index (χ1v) is 14.6. The number of imidazole rings is 1. The molecule has 0 unspecified atom stereocenters. The monoisotopic (exact) mass is 578 g/mol. The molecular formula is C35H30N8O. The summed E-state index contributed by atoms with van der Waals surface area (Å²) in [4.78, 5) is 20.9. The number of hydrogen-bond acceptors (Lipinski definition) is 8. The van der Waals surface area contributed by atoms with E-state index in [2.05, 4.69) is 68.0 Å². The molecule has 9 nitrogen and oxygen atoms in total. The van der Waals surface area contributed by atoms with Crippen molar-refractivity contribution in [3.05, 3.63) is 115 Å². The summed E-state index contributed by atoms with van der Waals surface area (Å²) in [5.41, 5.74) is 13.3. The Bertz CT molecular complexity index is 1960. The number of hydrogen-bond donors (Lipinski definition) is 1. The van der Waals surface area contributed by atoms with Gasteiger partial charge in [0.2, 0.25) is 5.88 Å². The number of nitriles is 1. The van der Waals surface area contributed by atoms with Gasteiger partial charge in [-0.15, -0.1) is 0 Å². The zero-order valence-electron chi connectivity index (χ0n) is 24.0. The third-order valence-electron chi connectivity index (χ3n) is 7.99. The molecule has 0 saturated carbocycles. The standard InChI is InChI=1S/C35H30N8O/c36-21-26-8-4-17-39-35(26)44-29-14-18-42(19-15-29)23-24-10-12-28(13-11-24)43-33(30-9-5-16-38-32(30)37)41-31-20-27(22-40-34(31)43)25-6-2-1-3-7-25/h1-13,16-17,20,22,29H,14-15,18-19,23H2,(H2,37,38). The number of nitrogens with zero attached hydrogens (tertiary/aromatic N) is 7. The van der Waals surface area contributed by atoms with Gasteiger partial charge < -0.3 is 10.5 Å². The smallest absolute Gasteiger partial charge is 0.231 e. The summed E-state index contributed by atoms with van der Waals surface area (Å²) in [6.45, 7) is 2.66. The lowest BCUT2D eigenvalue weighted by Crippen LogP contribution is -2.38. The fourth-order valence-corrected chi connectivity index (χ4v) is 5.71. The second-order valence-corrected chi connectivity index (χ2v) is 10.9. The second kappa shape index (κ2) is 12.0. The average molecular weight is 579 g/mol. The second-order valence-electron chi connectivity index (χ2n) is 10.9. The number of fused-ring (bicyclic) bond motifs is 1. The van der Waals surface area contributed by atoms with E-state index in [0.29, 0.717) is 23.1 Å². The number of nitrogen functional groups attached to an aromatic ring is 1. The Balaban J connectivity index is 1.12. The largest absolute Gasteiger partial charge is 0.473 e. The van der Waals surface area contributed by atoms with E-state index < -0.39 is 0 Å². The molecule has 4 aromatic heterocycles. The van der Waals surface area contributed by atoms with E-state index >= 15 is 0 Å². The van der Waals surface area contributed by atoms with Gasteiger partial charge >= 0.3 is 0 Å². The number of anilines is 1. The minimum atomic E-state index is 0.0541. The van der Waals surface area contributed by atoms with Crippen molar-refractivity contribution in [2.75, 3.05) is 18.8 Å². The van der Waals surface area contributed by atoms with Crippen molar-refractivity contribution in [3.8, 4) is 40.2 Å². The van der Waals surface area contributed by atoms with Gasteiger partial charge in [0.1, 0.15) is 29.1 Å². The lowest BCUT2D eigenvalue weighted by molar-refractivity contribution is 0.0930. The first-order chi connectivity index (χ1) is 21.7. The van der Waals surface area contributed by atoms with Crippen LogP contribution in [0.4, 0.5) is 5.82 Å². The van der Waals surface area contributed by atoms with Gasteiger partial charge in [-0.05, 0) is 66.4 Å². The van der Waals surface area contributed by atoms with Gasteiger partial charge in [-0.1, -0.05) is 42.5 Å². The molecule has 1 aliphatic rings. The van der Waals surface area contributed by atoms with Crippen LogP contribution in [0.15, 0.2) is 104 Å². The number of aromatic nitrogens is 5. The predicted octanol–water partition coefficient (Wildman–Crippen LogP) is 6.04. The summed E-state index contributed by atoms with van der Waals surface area (Å²) >= 11 is 0. The van der Waals surface area contributed by atoms with E-state index in [1.807, 2.05) is 36.5 Å². The van der Waals surface area contributed by atoms with Crippen LogP contribution in [0.5, 0.6) is 5.88 Å². The molecule has 0 radical (unpaired) electrons. The Kier molecular flexibility index (Phi) is 7.41. The molecule has 5 heterocycles. The molecule has 1 saturated heterocycles. The Hall–Kier alpha value is -5.59. The van der Waals surface area contributed by atoms with E-state index in [1.165, 1.54) is 5.56 Å². The van der Waals surface area contributed by atoms with Crippen molar-refractivity contribution in [1.29, 1.82) is 5.26 Å². The van der Waals surface area contributed by atoms with Crippen LogP contribution in [0.2, 0.25) is 0 Å². The fourth-order valence-electron chi connectivity index (χ4n) is 5.71. The maximum absolute atomic E-state index is 9.33. The van der Waals surface area contributed by atoms with Crippen molar-refractivity contribution in [3.63, 3.8) is 0 Å². The molecule has 44 heavy (non-hydrogen) atoms. The number of nitrogens with two attached hydrogens (primary N) is 1. The molecule has 0 atom stereocenters. The van der Waals surface area contributed by atoms with Gasteiger partial charge in [0.15, 0.2) is 11.5 Å². The molecule has 1 fully saturated rings. The van der Waals surface area contributed by atoms with Crippen LogP contribution in [0.25, 0.3) is 39.4 Å². The number of likely N-dealkylation sites (tertiary alicyclic amines) is 1. The highest BCUT2D eigenvalue weighted by Crippen LogP contribution is 2.32. The van der Waals surface area contributed by atoms with Gasteiger partial charge in [-0.3, -0.25) is 9.47 Å². The molecule has 0 amide bonds. The summed E-state index contributed by atoms with van der Waals surface area (Å²) < 4.78 is 8.12. The average Bonchev–Trinajstić information content (AvgIpc) is 3.45. The van der Waals surface area contributed by atoms with Crippen molar-refractivity contribution in [2.24, 2.45) is 0 Å². The maximum atomic E-state index is 9.33. The van der Waals surface area contributed by atoms with Crippen LogP contribution in [0, 0.1) is 11.3 Å². The van der Waals surface area contributed by atoms with Crippen LogP contribution in [-0.2, 0) is 6.54 Å².